The van der Waals surface area contributed by atoms with E-state index in [0.29, 0.717) is 12.8 Å². The van der Waals surface area contributed by atoms with Crippen LogP contribution in [0.3, 0.4) is 0 Å². The third kappa shape index (κ3) is 6.06. The second-order valence-electron chi connectivity index (χ2n) is 8.56. The minimum absolute atomic E-state index is 0. The van der Waals surface area contributed by atoms with Gasteiger partial charge in [-0.2, -0.15) is 0 Å². The van der Waals surface area contributed by atoms with Gasteiger partial charge in [0.25, 0.3) is 0 Å². The maximum atomic E-state index is 11.7. The molecule has 0 saturated heterocycles. The average Bonchev–Trinajstić information content (AvgIpc) is 2.93. The first-order chi connectivity index (χ1) is 17.4. The maximum absolute atomic E-state index is 11.7. The minimum atomic E-state index is -1.07. The van der Waals surface area contributed by atoms with Gasteiger partial charge in [-0.25, -0.2) is 0 Å². The maximum Gasteiger partial charge on any atom is 2.00 e. The van der Waals surface area contributed by atoms with Gasteiger partial charge in [0.1, 0.15) is 0 Å². The third-order valence-electron chi connectivity index (χ3n) is 6.82. The van der Waals surface area contributed by atoms with Crippen LogP contribution in [0.2, 0.25) is 0 Å². The first kappa shape index (κ1) is 29.7. The van der Waals surface area contributed by atoms with E-state index < -0.39 is 22.8 Å². The Balaban J connectivity index is 0.000000253. The smallest absolute Gasteiger partial charge is 0.549 e. The second kappa shape index (κ2) is 13.7. The second-order valence-corrected chi connectivity index (χ2v) is 8.56. The van der Waals surface area contributed by atoms with Gasteiger partial charge in [0.05, 0.1) is 22.8 Å². The summed E-state index contributed by atoms with van der Waals surface area (Å²) in [6.07, 6.45) is 0.923. The summed E-state index contributed by atoms with van der Waals surface area (Å²) in [7, 11) is 0. The molecule has 0 spiro atoms. The number of carbonyl (C=O) groups is 2. The van der Waals surface area contributed by atoms with E-state index >= 15 is 0 Å². The molecule has 0 aromatic heterocycles. The molecule has 0 radical (unpaired) electrons. The number of benzene rings is 4. The fourth-order valence-electron chi connectivity index (χ4n) is 4.80. The summed E-state index contributed by atoms with van der Waals surface area (Å²) in [5.74, 6) is -2.11. The van der Waals surface area contributed by atoms with Gasteiger partial charge in [0.15, 0.2) is 0 Å². The molecule has 0 atom stereocenters. The Morgan fingerprint density at radius 1 is 0.486 bits per heavy atom. The van der Waals surface area contributed by atoms with Crippen LogP contribution in [0.5, 0.6) is 0 Å². The third-order valence-corrected chi connectivity index (χ3v) is 6.82. The molecule has 0 unspecified atom stereocenters. The Bertz CT molecular complexity index is 1060. The van der Waals surface area contributed by atoms with Gasteiger partial charge in [0.2, 0.25) is 0 Å². The summed E-state index contributed by atoms with van der Waals surface area (Å²) in [5.41, 5.74) is 0.917. The number of hydrogen-bond donors (Lipinski definition) is 0. The number of rotatable bonds is 8. The molecule has 0 N–H and O–H groups in total. The molecular formula is C32H30O4Zn. The fraction of sp³-hybridized carbons (Fsp3) is 0.188. The molecule has 37 heavy (non-hydrogen) atoms. The first-order valence-corrected chi connectivity index (χ1v) is 12.1. The van der Waals surface area contributed by atoms with E-state index in [1.165, 1.54) is 0 Å². The molecule has 0 aliphatic rings. The summed E-state index contributed by atoms with van der Waals surface area (Å²) in [6.45, 7) is 3.74. The van der Waals surface area contributed by atoms with Crippen LogP contribution in [0.1, 0.15) is 48.9 Å². The predicted octanol–water partition coefficient (Wildman–Crippen LogP) is 4.26. The Hall–Kier alpha value is -3.56. The summed E-state index contributed by atoms with van der Waals surface area (Å²) in [4.78, 5) is 23.5. The zero-order chi connectivity index (χ0) is 26.0. The fourth-order valence-corrected chi connectivity index (χ4v) is 4.80. The molecule has 0 fully saturated rings. The quantitative estimate of drug-likeness (QED) is 0.311. The SMILES string of the molecule is CCC(C(=O)[O-])(c1ccccc1)c1ccccc1.CCC(C(=O)[O-])(c1ccccc1)c1ccccc1.[Zn+2]. The zero-order valence-corrected chi connectivity index (χ0v) is 24.3. The van der Waals surface area contributed by atoms with Crippen molar-refractivity contribution in [2.24, 2.45) is 0 Å². The van der Waals surface area contributed by atoms with Crippen LogP contribution in [0.25, 0.3) is 0 Å². The number of carbonyl (C=O) groups excluding carboxylic acids is 2. The van der Waals surface area contributed by atoms with E-state index in [-0.39, 0.29) is 19.5 Å². The van der Waals surface area contributed by atoms with E-state index in [1.54, 1.807) is 0 Å². The van der Waals surface area contributed by atoms with Gasteiger partial charge < -0.3 is 19.8 Å². The topological polar surface area (TPSA) is 80.3 Å². The van der Waals surface area contributed by atoms with Crippen molar-refractivity contribution >= 4 is 11.9 Å². The van der Waals surface area contributed by atoms with Crippen LogP contribution in [-0.4, -0.2) is 11.9 Å². The molecule has 4 rings (SSSR count). The summed E-state index contributed by atoms with van der Waals surface area (Å²) >= 11 is 0. The molecule has 0 aliphatic heterocycles. The van der Waals surface area contributed by atoms with Crippen LogP contribution in [0, 0.1) is 0 Å². The predicted molar refractivity (Wildman–Crippen MR) is 138 cm³/mol. The van der Waals surface area contributed by atoms with Crippen LogP contribution >= 0.6 is 0 Å². The van der Waals surface area contributed by atoms with Crippen LogP contribution in [-0.2, 0) is 39.9 Å². The first-order valence-electron chi connectivity index (χ1n) is 12.1. The van der Waals surface area contributed by atoms with Crippen molar-refractivity contribution < 1.29 is 39.3 Å². The number of carboxylic acids is 2. The molecule has 0 saturated carbocycles. The molecule has 4 nitrogen and oxygen atoms in total. The van der Waals surface area contributed by atoms with Crippen molar-refractivity contribution in [1.82, 2.24) is 0 Å². The molecule has 0 heterocycles. The van der Waals surface area contributed by atoms with Crippen molar-refractivity contribution in [1.29, 1.82) is 0 Å². The summed E-state index contributed by atoms with van der Waals surface area (Å²) in [6, 6.07) is 37.1. The largest absolute Gasteiger partial charge is 2.00 e. The summed E-state index contributed by atoms with van der Waals surface area (Å²) in [5, 5.41) is 23.5. The Kier molecular flexibility index (Phi) is 11.0. The van der Waals surface area contributed by atoms with E-state index in [4.69, 9.17) is 0 Å². The Morgan fingerprint density at radius 3 is 0.811 bits per heavy atom. The molecule has 0 amide bonds. The molecule has 0 bridgehead atoms. The van der Waals surface area contributed by atoms with Crippen LogP contribution in [0.4, 0.5) is 0 Å². The van der Waals surface area contributed by atoms with E-state index in [1.807, 2.05) is 135 Å². The van der Waals surface area contributed by atoms with E-state index in [2.05, 4.69) is 0 Å². The van der Waals surface area contributed by atoms with Gasteiger partial charge in [-0.3, -0.25) is 0 Å². The van der Waals surface area contributed by atoms with Gasteiger partial charge in [-0.15, -0.1) is 0 Å². The van der Waals surface area contributed by atoms with Crippen LogP contribution < -0.4 is 10.2 Å². The van der Waals surface area contributed by atoms with Crippen molar-refractivity contribution in [3.8, 4) is 0 Å². The van der Waals surface area contributed by atoms with Gasteiger partial charge in [-0.05, 0) is 35.1 Å². The standard InChI is InChI=1S/2C16H16O2.Zn/c2*1-2-16(15(17)18,13-9-5-3-6-10-13)14-11-7-4-8-12-14;/h2*3-12H,2H2,1H3,(H,17,18);/q;;+2/p-2. The Morgan fingerprint density at radius 2 is 0.676 bits per heavy atom. The number of carboxylic acid groups (broad SMARTS) is 2. The van der Waals surface area contributed by atoms with Crippen LogP contribution in [0.15, 0.2) is 121 Å². The van der Waals surface area contributed by atoms with Gasteiger partial charge in [0, 0.05) is 0 Å². The number of hydrogen-bond acceptors (Lipinski definition) is 4. The summed E-state index contributed by atoms with van der Waals surface area (Å²) < 4.78 is 0. The average molecular weight is 544 g/mol. The number of aliphatic carboxylic acids is 2. The van der Waals surface area contributed by atoms with E-state index in [0.717, 1.165) is 22.3 Å². The van der Waals surface area contributed by atoms with Crippen molar-refractivity contribution in [3.63, 3.8) is 0 Å². The molecule has 4 aromatic rings. The van der Waals surface area contributed by atoms with Gasteiger partial charge in [-0.1, -0.05) is 135 Å². The molecular weight excluding hydrogens is 514 g/mol. The van der Waals surface area contributed by atoms with Gasteiger partial charge >= 0.3 is 19.5 Å². The minimum Gasteiger partial charge on any atom is -0.549 e. The molecule has 0 aliphatic carbocycles. The normalized spacial score (nSPS) is 10.9. The Labute approximate surface area is 231 Å². The molecule has 184 valence electrons. The van der Waals surface area contributed by atoms with Crippen molar-refractivity contribution in [3.05, 3.63) is 144 Å². The molecule has 4 aromatic carbocycles. The monoisotopic (exact) mass is 542 g/mol. The van der Waals surface area contributed by atoms with Crippen molar-refractivity contribution in [2.45, 2.75) is 37.5 Å². The zero-order valence-electron chi connectivity index (χ0n) is 21.3. The van der Waals surface area contributed by atoms with E-state index in [9.17, 15) is 19.8 Å². The van der Waals surface area contributed by atoms with Crippen molar-refractivity contribution in [2.75, 3.05) is 0 Å². The molecule has 5 heteroatoms.